The zero-order valence-corrected chi connectivity index (χ0v) is 16.1. The molecular formula is C17H14Br2N2S. The maximum Gasteiger partial charge on any atom is 0.187 e. The van der Waals surface area contributed by atoms with Crippen LogP contribution in [-0.2, 0) is 0 Å². The van der Waals surface area contributed by atoms with Crippen molar-refractivity contribution in [3.63, 3.8) is 0 Å². The first-order valence-electron chi connectivity index (χ1n) is 6.78. The van der Waals surface area contributed by atoms with Crippen LogP contribution in [0.15, 0.2) is 50.7 Å². The predicted molar refractivity (Wildman–Crippen MR) is 102 cm³/mol. The van der Waals surface area contributed by atoms with Gasteiger partial charge in [0.15, 0.2) is 5.13 Å². The molecule has 5 heteroatoms. The van der Waals surface area contributed by atoms with Crippen LogP contribution >= 0.6 is 43.2 Å². The molecule has 0 aliphatic carbocycles. The molecule has 3 rings (SSSR count). The van der Waals surface area contributed by atoms with Crippen LogP contribution in [0.1, 0.15) is 11.1 Å². The van der Waals surface area contributed by atoms with Gasteiger partial charge >= 0.3 is 0 Å². The second-order valence-electron chi connectivity index (χ2n) is 5.09. The Bertz CT molecular complexity index is 827. The number of nitrogens with one attached hydrogen (secondary N) is 1. The molecule has 0 amide bonds. The Morgan fingerprint density at radius 2 is 1.82 bits per heavy atom. The molecule has 22 heavy (non-hydrogen) atoms. The normalized spacial score (nSPS) is 10.7. The van der Waals surface area contributed by atoms with Crippen LogP contribution in [-0.4, -0.2) is 4.98 Å². The SMILES string of the molecule is Cc1ccc(-c2csc(Nc3ccc(Br)cc3Br)n2)cc1C. The topological polar surface area (TPSA) is 24.9 Å². The highest BCUT2D eigenvalue weighted by molar-refractivity contribution is 9.11. The minimum absolute atomic E-state index is 0.885. The fourth-order valence-electron chi connectivity index (χ4n) is 2.07. The Labute approximate surface area is 150 Å². The summed E-state index contributed by atoms with van der Waals surface area (Å²) in [5.41, 5.74) is 5.75. The predicted octanol–water partition coefficient (Wildman–Crippen LogP) is 6.70. The van der Waals surface area contributed by atoms with E-state index in [1.165, 1.54) is 11.1 Å². The van der Waals surface area contributed by atoms with E-state index >= 15 is 0 Å². The summed E-state index contributed by atoms with van der Waals surface area (Å²) in [4.78, 5) is 4.68. The number of halogens is 2. The van der Waals surface area contributed by atoms with Crippen molar-refractivity contribution < 1.29 is 0 Å². The van der Waals surface area contributed by atoms with Gasteiger partial charge in [0.1, 0.15) is 0 Å². The van der Waals surface area contributed by atoms with Crippen molar-refractivity contribution in [1.82, 2.24) is 4.98 Å². The van der Waals surface area contributed by atoms with E-state index < -0.39 is 0 Å². The van der Waals surface area contributed by atoms with Crippen LogP contribution in [0.5, 0.6) is 0 Å². The first-order chi connectivity index (χ1) is 10.5. The Hall–Kier alpha value is -1.17. The largest absolute Gasteiger partial charge is 0.331 e. The van der Waals surface area contributed by atoms with E-state index in [4.69, 9.17) is 0 Å². The average molecular weight is 438 g/mol. The molecule has 0 aliphatic rings. The van der Waals surface area contributed by atoms with Gasteiger partial charge in [-0.1, -0.05) is 28.1 Å². The lowest BCUT2D eigenvalue weighted by Gasteiger charge is -2.06. The summed E-state index contributed by atoms with van der Waals surface area (Å²) in [6, 6.07) is 12.5. The minimum Gasteiger partial charge on any atom is -0.331 e. The zero-order chi connectivity index (χ0) is 15.7. The summed E-state index contributed by atoms with van der Waals surface area (Å²) < 4.78 is 2.05. The van der Waals surface area contributed by atoms with Gasteiger partial charge in [-0.05, 0) is 65.2 Å². The third kappa shape index (κ3) is 3.42. The van der Waals surface area contributed by atoms with Crippen molar-refractivity contribution in [3.05, 3.63) is 61.9 Å². The number of anilines is 2. The molecule has 2 nitrogen and oxygen atoms in total. The van der Waals surface area contributed by atoms with Gasteiger partial charge in [0.05, 0.1) is 11.4 Å². The Morgan fingerprint density at radius 3 is 2.55 bits per heavy atom. The van der Waals surface area contributed by atoms with Crippen molar-refractivity contribution in [3.8, 4) is 11.3 Å². The second kappa shape index (κ2) is 6.52. The maximum absolute atomic E-state index is 4.68. The van der Waals surface area contributed by atoms with E-state index in [1.54, 1.807) is 11.3 Å². The number of thiazole rings is 1. The number of aryl methyl sites for hydroxylation is 2. The lowest BCUT2D eigenvalue weighted by molar-refractivity contribution is 1.32. The first kappa shape index (κ1) is 15.7. The smallest absolute Gasteiger partial charge is 0.187 e. The van der Waals surface area contributed by atoms with Gasteiger partial charge < -0.3 is 5.32 Å². The van der Waals surface area contributed by atoms with Gasteiger partial charge in [0.2, 0.25) is 0 Å². The van der Waals surface area contributed by atoms with Gasteiger partial charge in [0.25, 0.3) is 0 Å². The molecule has 1 heterocycles. The van der Waals surface area contributed by atoms with Gasteiger partial charge in [-0.2, -0.15) is 0 Å². The van der Waals surface area contributed by atoms with E-state index in [0.717, 1.165) is 31.0 Å². The number of benzene rings is 2. The summed E-state index contributed by atoms with van der Waals surface area (Å²) in [6.45, 7) is 4.25. The summed E-state index contributed by atoms with van der Waals surface area (Å²) in [5.74, 6) is 0. The molecule has 0 atom stereocenters. The monoisotopic (exact) mass is 436 g/mol. The number of nitrogens with zero attached hydrogens (tertiary/aromatic N) is 1. The highest BCUT2D eigenvalue weighted by Crippen LogP contribution is 2.32. The average Bonchev–Trinajstić information content (AvgIpc) is 2.93. The van der Waals surface area contributed by atoms with Crippen LogP contribution in [0.4, 0.5) is 10.8 Å². The van der Waals surface area contributed by atoms with Crippen molar-refractivity contribution in [2.24, 2.45) is 0 Å². The molecule has 0 unspecified atom stereocenters. The fraction of sp³-hybridized carbons (Fsp3) is 0.118. The van der Waals surface area contributed by atoms with Crippen LogP contribution in [0.2, 0.25) is 0 Å². The minimum atomic E-state index is 0.885. The van der Waals surface area contributed by atoms with Gasteiger partial charge in [0, 0.05) is 19.9 Å². The molecule has 0 spiro atoms. The van der Waals surface area contributed by atoms with E-state index in [2.05, 4.69) is 79.6 Å². The van der Waals surface area contributed by atoms with Crippen LogP contribution in [0.25, 0.3) is 11.3 Å². The number of aromatic nitrogens is 1. The van der Waals surface area contributed by atoms with Gasteiger partial charge in [-0.15, -0.1) is 11.3 Å². The van der Waals surface area contributed by atoms with Crippen LogP contribution in [0.3, 0.4) is 0 Å². The van der Waals surface area contributed by atoms with Crippen molar-refractivity contribution in [1.29, 1.82) is 0 Å². The van der Waals surface area contributed by atoms with E-state index in [1.807, 2.05) is 18.2 Å². The molecule has 0 bridgehead atoms. The third-order valence-electron chi connectivity index (χ3n) is 3.48. The molecule has 0 radical (unpaired) electrons. The third-order valence-corrected chi connectivity index (χ3v) is 5.39. The zero-order valence-electron chi connectivity index (χ0n) is 12.2. The molecule has 112 valence electrons. The number of rotatable bonds is 3. The Balaban J connectivity index is 1.85. The second-order valence-corrected chi connectivity index (χ2v) is 7.71. The van der Waals surface area contributed by atoms with Crippen LogP contribution < -0.4 is 5.32 Å². The maximum atomic E-state index is 4.68. The van der Waals surface area contributed by atoms with Gasteiger partial charge in [-0.25, -0.2) is 4.98 Å². The highest BCUT2D eigenvalue weighted by atomic mass is 79.9. The summed E-state index contributed by atoms with van der Waals surface area (Å²) >= 11 is 8.62. The molecule has 0 aliphatic heterocycles. The van der Waals surface area contributed by atoms with E-state index in [-0.39, 0.29) is 0 Å². The molecule has 0 saturated heterocycles. The molecular weight excluding hydrogens is 424 g/mol. The quantitative estimate of drug-likeness (QED) is 0.493. The van der Waals surface area contributed by atoms with Crippen LogP contribution in [0, 0.1) is 13.8 Å². The Morgan fingerprint density at radius 1 is 1.00 bits per heavy atom. The Kier molecular flexibility index (Phi) is 4.66. The summed E-state index contributed by atoms with van der Waals surface area (Å²) in [5, 5.41) is 6.32. The molecule has 1 N–H and O–H groups in total. The summed E-state index contributed by atoms with van der Waals surface area (Å²) in [7, 11) is 0. The molecule has 0 fully saturated rings. The lowest BCUT2D eigenvalue weighted by atomic mass is 10.1. The van der Waals surface area contributed by atoms with Crippen molar-refractivity contribution in [2.45, 2.75) is 13.8 Å². The fourth-order valence-corrected chi connectivity index (χ4v) is 3.95. The summed E-state index contributed by atoms with van der Waals surface area (Å²) in [6.07, 6.45) is 0. The van der Waals surface area contributed by atoms with E-state index in [9.17, 15) is 0 Å². The number of hydrogen-bond acceptors (Lipinski definition) is 3. The standard InChI is InChI=1S/C17H14Br2N2S/c1-10-3-4-12(7-11(10)2)16-9-22-17(21-16)20-15-6-5-13(18)8-14(15)19/h3-9H,1-2H3,(H,20,21). The van der Waals surface area contributed by atoms with Crippen molar-refractivity contribution >= 4 is 54.0 Å². The first-order valence-corrected chi connectivity index (χ1v) is 9.25. The van der Waals surface area contributed by atoms with Crippen molar-refractivity contribution in [2.75, 3.05) is 5.32 Å². The molecule has 0 saturated carbocycles. The molecule has 3 aromatic rings. The molecule has 2 aromatic carbocycles. The number of hydrogen-bond donors (Lipinski definition) is 1. The molecule has 1 aromatic heterocycles. The van der Waals surface area contributed by atoms with E-state index in [0.29, 0.717) is 0 Å². The van der Waals surface area contributed by atoms with Gasteiger partial charge in [-0.3, -0.25) is 0 Å². The highest BCUT2D eigenvalue weighted by Gasteiger charge is 2.07. The lowest BCUT2D eigenvalue weighted by Crippen LogP contribution is -1.91.